The lowest BCUT2D eigenvalue weighted by atomic mass is 10.1. The third-order valence-corrected chi connectivity index (χ3v) is 4.31. The van der Waals surface area contributed by atoms with Crippen molar-refractivity contribution in [3.8, 4) is 5.75 Å². The van der Waals surface area contributed by atoms with E-state index in [1.807, 2.05) is 44.2 Å². The van der Waals surface area contributed by atoms with E-state index < -0.39 is 0 Å². The average Bonchev–Trinajstić information content (AvgIpc) is 2.68. The van der Waals surface area contributed by atoms with E-state index >= 15 is 0 Å². The maximum Gasteiger partial charge on any atom is 0.274 e. The van der Waals surface area contributed by atoms with Crippen molar-refractivity contribution in [1.29, 1.82) is 0 Å². The van der Waals surface area contributed by atoms with Crippen LogP contribution in [0, 0.1) is 0 Å². The highest BCUT2D eigenvalue weighted by molar-refractivity contribution is 6.04. The van der Waals surface area contributed by atoms with E-state index in [0.29, 0.717) is 23.9 Å². The van der Waals surface area contributed by atoms with Crippen molar-refractivity contribution >= 4 is 16.7 Å². The van der Waals surface area contributed by atoms with Gasteiger partial charge in [0.05, 0.1) is 18.0 Å². The Morgan fingerprint density at radius 3 is 2.37 bits per heavy atom. The minimum Gasteiger partial charge on any atom is -0.492 e. The van der Waals surface area contributed by atoms with Gasteiger partial charge in [-0.25, -0.2) is 4.68 Å². The first-order valence-electron chi connectivity index (χ1n) is 8.94. The molecule has 2 aromatic carbocycles. The Kier molecular flexibility index (Phi) is 5.54. The lowest BCUT2D eigenvalue weighted by Gasteiger charge is -2.19. The molecule has 0 bridgehead atoms. The first-order valence-corrected chi connectivity index (χ1v) is 8.94. The van der Waals surface area contributed by atoms with Crippen molar-refractivity contribution in [2.75, 3.05) is 20.2 Å². The van der Waals surface area contributed by atoms with Gasteiger partial charge in [0.25, 0.3) is 11.5 Å². The molecule has 1 amide bonds. The molecule has 6 heteroatoms. The predicted octanol–water partition coefficient (Wildman–Crippen LogP) is 3.13. The fourth-order valence-electron chi connectivity index (χ4n) is 2.81. The van der Waals surface area contributed by atoms with Gasteiger partial charge in [0.2, 0.25) is 0 Å². The SMILES string of the molecule is CC(C)n1nc(C(=O)N(C)CCOc2ccccc2)c2ccccc2c1=O. The number of amides is 1. The number of carbonyl (C=O) groups is 1. The number of hydrogen-bond donors (Lipinski definition) is 0. The molecule has 0 aliphatic heterocycles. The summed E-state index contributed by atoms with van der Waals surface area (Å²) in [5, 5.41) is 5.43. The van der Waals surface area contributed by atoms with Crippen LogP contribution in [0.4, 0.5) is 0 Å². The van der Waals surface area contributed by atoms with Crippen LogP contribution in [-0.2, 0) is 0 Å². The molecule has 3 rings (SSSR count). The van der Waals surface area contributed by atoms with E-state index in [1.54, 1.807) is 36.2 Å². The molecule has 0 aliphatic rings. The Labute approximate surface area is 158 Å². The molecule has 27 heavy (non-hydrogen) atoms. The molecule has 0 saturated carbocycles. The van der Waals surface area contributed by atoms with Gasteiger partial charge in [-0.1, -0.05) is 36.4 Å². The molecule has 0 unspecified atom stereocenters. The summed E-state index contributed by atoms with van der Waals surface area (Å²) >= 11 is 0. The Balaban J connectivity index is 1.84. The van der Waals surface area contributed by atoms with Crippen molar-refractivity contribution in [1.82, 2.24) is 14.7 Å². The second-order valence-corrected chi connectivity index (χ2v) is 6.63. The summed E-state index contributed by atoms with van der Waals surface area (Å²) in [5.41, 5.74) is 0.0910. The third kappa shape index (κ3) is 4.00. The number of benzene rings is 2. The summed E-state index contributed by atoms with van der Waals surface area (Å²) in [6, 6.07) is 16.4. The minimum absolute atomic E-state index is 0.139. The number of ether oxygens (including phenoxy) is 1. The van der Waals surface area contributed by atoms with E-state index in [-0.39, 0.29) is 23.2 Å². The predicted molar refractivity (Wildman–Crippen MR) is 105 cm³/mol. The summed E-state index contributed by atoms with van der Waals surface area (Å²) < 4.78 is 7.03. The van der Waals surface area contributed by atoms with Crippen LogP contribution in [0.25, 0.3) is 10.8 Å². The summed E-state index contributed by atoms with van der Waals surface area (Å²) in [6.07, 6.45) is 0. The fourth-order valence-corrected chi connectivity index (χ4v) is 2.81. The molecule has 0 aliphatic carbocycles. The van der Waals surface area contributed by atoms with Gasteiger partial charge in [-0.05, 0) is 32.0 Å². The van der Waals surface area contributed by atoms with Crippen molar-refractivity contribution in [3.05, 3.63) is 70.6 Å². The maximum absolute atomic E-state index is 13.0. The Bertz CT molecular complexity index is 996. The van der Waals surface area contributed by atoms with Crippen molar-refractivity contribution in [3.63, 3.8) is 0 Å². The van der Waals surface area contributed by atoms with Crippen LogP contribution in [0.5, 0.6) is 5.75 Å². The summed E-state index contributed by atoms with van der Waals surface area (Å²) in [4.78, 5) is 27.1. The van der Waals surface area contributed by atoms with Gasteiger partial charge >= 0.3 is 0 Å². The van der Waals surface area contributed by atoms with Crippen LogP contribution in [0.3, 0.4) is 0 Å². The Hall–Kier alpha value is -3.15. The maximum atomic E-state index is 13.0. The number of rotatable bonds is 6. The smallest absolute Gasteiger partial charge is 0.274 e. The number of fused-ring (bicyclic) bond motifs is 1. The first-order chi connectivity index (χ1) is 13.0. The molecule has 1 aromatic heterocycles. The summed E-state index contributed by atoms with van der Waals surface area (Å²) in [5.74, 6) is 0.521. The molecular weight excluding hydrogens is 342 g/mol. The Morgan fingerprint density at radius 1 is 1.07 bits per heavy atom. The molecule has 3 aromatic rings. The second-order valence-electron chi connectivity index (χ2n) is 6.63. The number of carbonyl (C=O) groups excluding carboxylic acids is 1. The van der Waals surface area contributed by atoms with Crippen LogP contribution in [0.1, 0.15) is 30.4 Å². The molecule has 0 spiro atoms. The van der Waals surface area contributed by atoms with Crippen molar-refractivity contribution < 1.29 is 9.53 Å². The number of para-hydroxylation sites is 1. The van der Waals surface area contributed by atoms with Crippen molar-refractivity contribution in [2.45, 2.75) is 19.9 Å². The molecule has 0 radical (unpaired) electrons. The second kappa shape index (κ2) is 8.03. The fraction of sp³-hybridized carbons (Fsp3) is 0.286. The lowest BCUT2D eigenvalue weighted by molar-refractivity contribution is 0.0767. The van der Waals surface area contributed by atoms with Gasteiger partial charge in [0, 0.05) is 12.4 Å². The molecular formula is C21H23N3O3. The highest BCUT2D eigenvalue weighted by Crippen LogP contribution is 2.16. The van der Waals surface area contributed by atoms with Gasteiger partial charge < -0.3 is 9.64 Å². The van der Waals surface area contributed by atoms with E-state index in [1.165, 1.54) is 4.68 Å². The zero-order valence-electron chi connectivity index (χ0n) is 15.8. The highest BCUT2D eigenvalue weighted by atomic mass is 16.5. The van der Waals surface area contributed by atoms with E-state index in [0.717, 1.165) is 5.75 Å². The molecule has 0 saturated heterocycles. The van der Waals surface area contributed by atoms with E-state index in [9.17, 15) is 9.59 Å². The first kappa shape index (κ1) is 18.6. The molecule has 6 nitrogen and oxygen atoms in total. The number of hydrogen-bond acceptors (Lipinski definition) is 4. The monoisotopic (exact) mass is 365 g/mol. The molecule has 0 fully saturated rings. The van der Waals surface area contributed by atoms with Gasteiger partial charge in [-0.2, -0.15) is 5.10 Å². The third-order valence-electron chi connectivity index (χ3n) is 4.31. The minimum atomic E-state index is -0.239. The normalized spacial score (nSPS) is 11.0. The number of aromatic nitrogens is 2. The average molecular weight is 365 g/mol. The molecule has 140 valence electrons. The standard InChI is InChI=1S/C21H23N3O3/c1-15(2)24-20(25)18-12-8-7-11-17(18)19(22-24)21(26)23(3)13-14-27-16-9-5-4-6-10-16/h4-12,15H,13-14H2,1-3H3. The summed E-state index contributed by atoms with van der Waals surface area (Å²) in [7, 11) is 1.71. The van der Waals surface area contributed by atoms with Gasteiger partial charge in [-0.3, -0.25) is 9.59 Å². The van der Waals surface area contributed by atoms with Crippen LogP contribution in [-0.4, -0.2) is 40.8 Å². The molecule has 0 N–H and O–H groups in total. The van der Waals surface area contributed by atoms with Crippen molar-refractivity contribution in [2.24, 2.45) is 0 Å². The number of likely N-dealkylation sites (N-methyl/N-ethyl adjacent to an activating group) is 1. The molecule has 0 atom stereocenters. The van der Waals surface area contributed by atoms with Crippen LogP contribution in [0.15, 0.2) is 59.4 Å². The van der Waals surface area contributed by atoms with E-state index in [4.69, 9.17) is 4.74 Å². The zero-order chi connectivity index (χ0) is 19.4. The van der Waals surface area contributed by atoms with Crippen LogP contribution in [0.2, 0.25) is 0 Å². The zero-order valence-corrected chi connectivity index (χ0v) is 15.8. The largest absolute Gasteiger partial charge is 0.492 e. The van der Waals surface area contributed by atoms with Crippen LogP contribution >= 0.6 is 0 Å². The van der Waals surface area contributed by atoms with Gasteiger partial charge in [0.15, 0.2) is 5.69 Å². The summed E-state index contributed by atoms with van der Waals surface area (Å²) in [6.45, 7) is 4.52. The lowest BCUT2D eigenvalue weighted by Crippen LogP contribution is -2.34. The topological polar surface area (TPSA) is 64.4 Å². The Morgan fingerprint density at radius 2 is 1.70 bits per heavy atom. The van der Waals surface area contributed by atoms with Crippen LogP contribution < -0.4 is 10.3 Å². The molecule has 1 heterocycles. The van der Waals surface area contributed by atoms with E-state index in [2.05, 4.69) is 5.10 Å². The quantitative estimate of drug-likeness (QED) is 0.673. The number of nitrogens with zero attached hydrogens (tertiary/aromatic N) is 3. The van der Waals surface area contributed by atoms with Gasteiger partial charge in [0.1, 0.15) is 12.4 Å². The highest BCUT2D eigenvalue weighted by Gasteiger charge is 2.20. The van der Waals surface area contributed by atoms with Gasteiger partial charge in [-0.15, -0.1) is 0 Å².